The molecule has 0 aromatic heterocycles. The quantitative estimate of drug-likeness (QED) is 0.163. The number of alkyl carbamates (subject to hydrolysis) is 2. The van der Waals surface area contributed by atoms with Crippen LogP contribution in [0.2, 0.25) is 0 Å². The van der Waals surface area contributed by atoms with Crippen LogP contribution < -0.4 is 10.6 Å². The number of nitrogens with one attached hydrogen (secondary N) is 2. The van der Waals surface area contributed by atoms with E-state index in [0.717, 1.165) is 31.4 Å². The number of carbonyl (C=O) groups excluding carboxylic acids is 4. The van der Waals surface area contributed by atoms with Crippen molar-refractivity contribution in [1.29, 1.82) is 0 Å². The number of carbonyl (C=O) groups is 4. The lowest BCUT2D eigenvalue weighted by Crippen LogP contribution is -2.34. The van der Waals surface area contributed by atoms with Crippen molar-refractivity contribution in [1.82, 2.24) is 10.6 Å². The molecule has 0 aliphatic rings. The van der Waals surface area contributed by atoms with Crippen LogP contribution in [-0.4, -0.2) is 55.2 Å². The summed E-state index contributed by atoms with van der Waals surface area (Å²) in [5, 5.41) is 4.93. The Labute approximate surface area is 184 Å². The Bertz CT molecular complexity index is 618. The van der Waals surface area contributed by atoms with Crippen LogP contribution in [0.15, 0.2) is 12.2 Å². The Morgan fingerprint density at radius 3 is 1.71 bits per heavy atom. The van der Waals surface area contributed by atoms with Crippen LogP contribution >= 0.6 is 0 Å². The summed E-state index contributed by atoms with van der Waals surface area (Å²) in [5.41, 5.74) is -1.18. The van der Waals surface area contributed by atoms with Gasteiger partial charge >= 0.3 is 24.1 Å². The van der Waals surface area contributed by atoms with Crippen LogP contribution in [-0.2, 0) is 28.5 Å². The lowest BCUT2D eigenvalue weighted by Gasteiger charge is -2.19. The Hall–Kier alpha value is -2.78. The van der Waals surface area contributed by atoms with E-state index in [0.29, 0.717) is 13.0 Å². The van der Waals surface area contributed by atoms with Gasteiger partial charge in [0.1, 0.15) is 11.2 Å². The molecule has 0 fully saturated rings. The van der Waals surface area contributed by atoms with Crippen molar-refractivity contribution in [2.45, 2.75) is 78.4 Å². The molecule has 0 radical (unpaired) electrons. The van der Waals surface area contributed by atoms with Crippen LogP contribution in [0.25, 0.3) is 0 Å². The van der Waals surface area contributed by atoms with Crippen LogP contribution in [0, 0.1) is 0 Å². The van der Waals surface area contributed by atoms with Gasteiger partial charge in [-0.1, -0.05) is 6.42 Å². The molecule has 2 N–H and O–H groups in total. The third-order valence-corrected chi connectivity index (χ3v) is 3.17. The molecule has 0 spiro atoms. The smallest absolute Gasteiger partial charge is 0.410 e. The van der Waals surface area contributed by atoms with E-state index in [4.69, 9.17) is 18.9 Å². The molecular formula is C21H36N2O8. The molecule has 31 heavy (non-hydrogen) atoms. The Balaban J connectivity index is 3.72. The van der Waals surface area contributed by atoms with E-state index in [1.165, 1.54) is 0 Å². The second-order valence-corrected chi connectivity index (χ2v) is 8.63. The van der Waals surface area contributed by atoms with Gasteiger partial charge in [-0.15, -0.1) is 0 Å². The highest BCUT2D eigenvalue weighted by molar-refractivity contribution is 5.91. The lowest BCUT2D eigenvalue weighted by molar-refractivity contribution is -0.140. The first kappa shape index (κ1) is 28.2. The molecule has 178 valence electrons. The number of esters is 2. The second kappa shape index (κ2) is 14.3. The fraction of sp³-hybridized carbons (Fsp3) is 0.714. The number of unbranched alkanes of at least 4 members (excludes halogenated alkanes) is 3. The summed E-state index contributed by atoms with van der Waals surface area (Å²) >= 11 is 0. The van der Waals surface area contributed by atoms with Crippen molar-refractivity contribution in [2.75, 3.05) is 19.9 Å². The highest BCUT2D eigenvalue weighted by atomic mass is 16.6. The standard InChI is InChI=1S/C21H36N2O8/c1-20(2,3)30-18(26)22-13-9-7-8-10-14-28-16(24)11-12-17(25)29-15-23-19(27)31-21(4,5)6/h11-12H,7-10,13-15H2,1-6H3,(H,22,26)(H,23,27)/b12-11+. The normalized spacial score (nSPS) is 11.5. The van der Waals surface area contributed by atoms with Gasteiger partial charge in [-0.2, -0.15) is 0 Å². The maximum Gasteiger partial charge on any atom is 0.410 e. The maximum absolute atomic E-state index is 11.5. The molecule has 0 unspecified atom stereocenters. The Kier molecular flexibility index (Phi) is 13.0. The summed E-state index contributed by atoms with van der Waals surface area (Å²) in [6, 6.07) is 0. The molecule has 0 saturated heterocycles. The van der Waals surface area contributed by atoms with E-state index in [2.05, 4.69) is 10.6 Å². The van der Waals surface area contributed by atoms with E-state index < -0.39 is 35.3 Å². The number of hydrogen-bond acceptors (Lipinski definition) is 8. The van der Waals surface area contributed by atoms with E-state index >= 15 is 0 Å². The van der Waals surface area contributed by atoms with Crippen molar-refractivity contribution in [3.05, 3.63) is 12.2 Å². The minimum Gasteiger partial charge on any atom is -0.463 e. The molecule has 0 aromatic carbocycles. The lowest BCUT2D eigenvalue weighted by atomic mass is 10.2. The topological polar surface area (TPSA) is 129 Å². The number of rotatable bonds is 11. The number of hydrogen-bond donors (Lipinski definition) is 2. The minimum atomic E-state index is -0.800. The molecule has 0 bridgehead atoms. The van der Waals surface area contributed by atoms with Crippen molar-refractivity contribution in [2.24, 2.45) is 0 Å². The van der Waals surface area contributed by atoms with Gasteiger partial charge in [0.05, 0.1) is 6.61 Å². The average Bonchev–Trinajstić information content (AvgIpc) is 2.59. The summed E-state index contributed by atoms with van der Waals surface area (Å²) in [6.07, 6.45) is 3.86. The van der Waals surface area contributed by atoms with Gasteiger partial charge in [0, 0.05) is 18.7 Å². The van der Waals surface area contributed by atoms with Crippen LogP contribution in [0.3, 0.4) is 0 Å². The first-order chi connectivity index (χ1) is 14.3. The van der Waals surface area contributed by atoms with Gasteiger partial charge in [0.25, 0.3) is 0 Å². The van der Waals surface area contributed by atoms with E-state index in [1.807, 2.05) is 0 Å². The zero-order valence-electron chi connectivity index (χ0n) is 19.4. The van der Waals surface area contributed by atoms with Crippen molar-refractivity contribution in [3.8, 4) is 0 Å². The van der Waals surface area contributed by atoms with E-state index in [9.17, 15) is 19.2 Å². The van der Waals surface area contributed by atoms with Crippen LogP contribution in [0.4, 0.5) is 9.59 Å². The van der Waals surface area contributed by atoms with Gasteiger partial charge in [0.2, 0.25) is 0 Å². The minimum absolute atomic E-state index is 0.220. The molecule has 0 rings (SSSR count). The molecule has 0 aromatic rings. The van der Waals surface area contributed by atoms with E-state index in [1.54, 1.807) is 41.5 Å². The molecule has 10 heteroatoms. The summed E-state index contributed by atoms with van der Waals surface area (Å²) in [4.78, 5) is 45.8. The van der Waals surface area contributed by atoms with Gasteiger partial charge in [-0.05, 0) is 60.8 Å². The molecule has 0 atom stereocenters. The fourth-order valence-electron chi connectivity index (χ4n) is 1.97. The Morgan fingerprint density at radius 1 is 0.677 bits per heavy atom. The van der Waals surface area contributed by atoms with Gasteiger partial charge < -0.3 is 24.3 Å². The van der Waals surface area contributed by atoms with E-state index in [-0.39, 0.29) is 13.3 Å². The summed E-state index contributed by atoms with van der Waals surface area (Å²) in [5.74, 6) is -1.46. The van der Waals surface area contributed by atoms with Crippen molar-refractivity contribution >= 4 is 24.1 Å². The highest BCUT2D eigenvalue weighted by Crippen LogP contribution is 2.07. The van der Waals surface area contributed by atoms with Crippen molar-refractivity contribution in [3.63, 3.8) is 0 Å². The average molecular weight is 445 g/mol. The number of ether oxygens (including phenoxy) is 4. The maximum atomic E-state index is 11.5. The number of amides is 2. The predicted molar refractivity (Wildman–Crippen MR) is 113 cm³/mol. The Morgan fingerprint density at radius 2 is 1.16 bits per heavy atom. The molecule has 2 amide bonds. The third kappa shape index (κ3) is 20.3. The molecule has 0 saturated carbocycles. The fourth-order valence-corrected chi connectivity index (χ4v) is 1.97. The van der Waals surface area contributed by atoms with Crippen LogP contribution in [0.5, 0.6) is 0 Å². The highest BCUT2D eigenvalue weighted by Gasteiger charge is 2.16. The first-order valence-corrected chi connectivity index (χ1v) is 10.2. The predicted octanol–water partition coefficient (Wildman–Crippen LogP) is 3.20. The third-order valence-electron chi connectivity index (χ3n) is 3.17. The summed E-state index contributed by atoms with van der Waals surface area (Å²) in [6.45, 7) is 10.9. The summed E-state index contributed by atoms with van der Waals surface area (Å²) in [7, 11) is 0. The molecular weight excluding hydrogens is 408 g/mol. The second-order valence-electron chi connectivity index (χ2n) is 8.63. The molecule has 0 heterocycles. The van der Waals surface area contributed by atoms with Gasteiger partial charge in [-0.25, -0.2) is 19.2 Å². The van der Waals surface area contributed by atoms with Gasteiger partial charge in [0.15, 0.2) is 6.73 Å². The summed E-state index contributed by atoms with van der Waals surface area (Å²) < 4.78 is 19.8. The molecule has 0 aliphatic heterocycles. The SMILES string of the molecule is CC(C)(C)OC(=O)NCCCCCCOC(=O)/C=C/C(=O)OCNC(=O)OC(C)(C)C. The zero-order chi connectivity index (χ0) is 23.9. The van der Waals surface area contributed by atoms with Crippen molar-refractivity contribution < 1.29 is 38.1 Å². The van der Waals surface area contributed by atoms with Crippen LogP contribution in [0.1, 0.15) is 67.2 Å². The van der Waals surface area contributed by atoms with Gasteiger partial charge in [-0.3, -0.25) is 5.32 Å². The largest absolute Gasteiger partial charge is 0.463 e. The molecule has 10 nitrogen and oxygen atoms in total. The first-order valence-electron chi connectivity index (χ1n) is 10.2. The molecule has 0 aliphatic carbocycles. The zero-order valence-corrected chi connectivity index (χ0v) is 19.4. The monoisotopic (exact) mass is 444 g/mol.